The van der Waals surface area contributed by atoms with Crippen molar-refractivity contribution in [2.45, 2.75) is 24.8 Å². The monoisotopic (exact) mass is 182 g/mol. The number of hydrogen-bond acceptors (Lipinski definition) is 4. The van der Waals surface area contributed by atoms with E-state index in [2.05, 4.69) is 10.2 Å². The highest BCUT2D eigenvalue weighted by molar-refractivity contribution is 5.34. The lowest BCUT2D eigenvalue weighted by atomic mass is 10.1. The van der Waals surface area contributed by atoms with Crippen molar-refractivity contribution in [2.24, 2.45) is 5.73 Å². The molecule has 1 fully saturated rings. The van der Waals surface area contributed by atoms with Gasteiger partial charge < -0.3 is 5.73 Å². The van der Waals surface area contributed by atoms with E-state index < -0.39 is 4.92 Å². The highest BCUT2D eigenvalue weighted by Gasteiger charge is 2.40. The van der Waals surface area contributed by atoms with E-state index in [-0.39, 0.29) is 11.2 Å². The topological polar surface area (TPSA) is 97.8 Å². The first-order valence-electron chi connectivity index (χ1n) is 4.06. The predicted molar refractivity (Wildman–Crippen MR) is 45.1 cm³/mol. The van der Waals surface area contributed by atoms with Crippen molar-refractivity contribution in [2.75, 3.05) is 0 Å². The van der Waals surface area contributed by atoms with Gasteiger partial charge in [0.05, 0.1) is 4.92 Å². The SMILES string of the molecule is NC1(Cc2[nH]ncc2[N+](=O)[O-])CC1. The molecule has 0 atom stereocenters. The Morgan fingerprint density at radius 3 is 3.00 bits per heavy atom. The molecule has 0 aliphatic heterocycles. The quantitative estimate of drug-likeness (QED) is 0.520. The number of nitrogens with zero attached hydrogens (tertiary/aromatic N) is 2. The third-order valence-electron chi connectivity index (χ3n) is 2.31. The molecule has 0 unspecified atom stereocenters. The Morgan fingerprint density at radius 1 is 1.77 bits per heavy atom. The third kappa shape index (κ3) is 1.52. The molecule has 1 aromatic heterocycles. The average Bonchev–Trinajstić information content (AvgIpc) is 2.63. The van der Waals surface area contributed by atoms with Gasteiger partial charge in [-0.05, 0) is 12.8 Å². The van der Waals surface area contributed by atoms with Crippen molar-refractivity contribution in [1.82, 2.24) is 10.2 Å². The Bertz CT molecular complexity index is 342. The first-order chi connectivity index (χ1) is 6.11. The Hall–Kier alpha value is -1.43. The van der Waals surface area contributed by atoms with Crippen LogP contribution in [-0.4, -0.2) is 20.7 Å². The molecule has 0 saturated heterocycles. The second kappa shape index (κ2) is 2.53. The molecule has 6 heteroatoms. The van der Waals surface area contributed by atoms with Gasteiger partial charge in [-0.3, -0.25) is 15.2 Å². The molecule has 1 heterocycles. The third-order valence-corrected chi connectivity index (χ3v) is 2.31. The highest BCUT2D eigenvalue weighted by atomic mass is 16.6. The van der Waals surface area contributed by atoms with Gasteiger partial charge in [-0.1, -0.05) is 0 Å². The van der Waals surface area contributed by atoms with Crippen LogP contribution >= 0.6 is 0 Å². The molecule has 0 bridgehead atoms. The number of nitrogens with one attached hydrogen (secondary N) is 1. The zero-order valence-corrected chi connectivity index (χ0v) is 6.99. The van der Waals surface area contributed by atoms with Crippen LogP contribution in [0.5, 0.6) is 0 Å². The van der Waals surface area contributed by atoms with Gasteiger partial charge in [-0.25, -0.2) is 0 Å². The standard InChI is InChI=1S/C7H10N4O2/c8-7(1-2-7)3-5-6(11(12)13)4-9-10-5/h4H,1-3,8H2,(H,9,10). The molecule has 0 aromatic carbocycles. The van der Waals surface area contributed by atoms with Crippen molar-refractivity contribution < 1.29 is 4.92 Å². The molecule has 1 aromatic rings. The minimum Gasteiger partial charge on any atom is -0.325 e. The summed E-state index contributed by atoms with van der Waals surface area (Å²) in [5, 5.41) is 16.7. The molecule has 2 rings (SSSR count). The van der Waals surface area contributed by atoms with Gasteiger partial charge in [0.2, 0.25) is 0 Å². The molecule has 3 N–H and O–H groups in total. The first kappa shape index (κ1) is 8.18. The minimum atomic E-state index is -0.440. The maximum Gasteiger partial charge on any atom is 0.309 e. The van der Waals surface area contributed by atoms with Gasteiger partial charge in [0.1, 0.15) is 11.9 Å². The van der Waals surface area contributed by atoms with Gasteiger partial charge in [-0.15, -0.1) is 0 Å². The first-order valence-corrected chi connectivity index (χ1v) is 4.06. The summed E-state index contributed by atoms with van der Waals surface area (Å²) in [5.41, 5.74) is 6.18. The van der Waals surface area contributed by atoms with Crippen molar-refractivity contribution in [3.05, 3.63) is 22.0 Å². The normalized spacial score (nSPS) is 18.5. The molecule has 1 saturated carbocycles. The lowest BCUT2D eigenvalue weighted by Crippen LogP contribution is -2.25. The maximum atomic E-state index is 10.5. The smallest absolute Gasteiger partial charge is 0.309 e. The van der Waals surface area contributed by atoms with E-state index in [1.807, 2.05) is 0 Å². The molecule has 0 radical (unpaired) electrons. The second-order valence-corrected chi connectivity index (χ2v) is 3.53. The number of nitro groups is 1. The molecular weight excluding hydrogens is 172 g/mol. The summed E-state index contributed by atoms with van der Waals surface area (Å²) in [4.78, 5) is 10.1. The zero-order valence-electron chi connectivity index (χ0n) is 6.99. The number of hydrogen-bond donors (Lipinski definition) is 2. The van der Waals surface area contributed by atoms with E-state index in [1.54, 1.807) is 0 Å². The van der Waals surface area contributed by atoms with Crippen LogP contribution in [0.3, 0.4) is 0 Å². The summed E-state index contributed by atoms with van der Waals surface area (Å²) >= 11 is 0. The molecule has 13 heavy (non-hydrogen) atoms. The van der Waals surface area contributed by atoms with Crippen molar-refractivity contribution in [3.63, 3.8) is 0 Å². The van der Waals surface area contributed by atoms with E-state index in [0.717, 1.165) is 12.8 Å². The van der Waals surface area contributed by atoms with Crippen molar-refractivity contribution in [1.29, 1.82) is 0 Å². The van der Waals surface area contributed by atoms with Crippen LogP contribution in [0.2, 0.25) is 0 Å². The van der Waals surface area contributed by atoms with Crippen LogP contribution in [0.1, 0.15) is 18.5 Å². The van der Waals surface area contributed by atoms with Crippen LogP contribution < -0.4 is 5.73 Å². The summed E-state index contributed by atoms with van der Waals surface area (Å²) < 4.78 is 0. The van der Waals surface area contributed by atoms with E-state index >= 15 is 0 Å². The summed E-state index contributed by atoms with van der Waals surface area (Å²) in [7, 11) is 0. The highest BCUT2D eigenvalue weighted by Crippen LogP contribution is 2.36. The van der Waals surface area contributed by atoms with Gasteiger partial charge >= 0.3 is 5.69 Å². The molecule has 70 valence electrons. The number of aromatic amines is 1. The fourth-order valence-corrected chi connectivity index (χ4v) is 1.28. The van der Waals surface area contributed by atoms with Gasteiger partial charge in [0.25, 0.3) is 0 Å². The van der Waals surface area contributed by atoms with E-state index in [9.17, 15) is 10.1 Å². The van der Waals surface area contributed by atoms with Gasteiger partial charge in [0, 0.05) is 12.0 Å². The molecule has 6 nitrogen and oxygen atoms in total. The Kier molecular flexibility index (Phi) is 1.59. The molecule has 0 spiro atoms. The van der Waals surface area contributed by atoms with Crippen molar-refractivity contribution in [3.8, 4) is 0 Å². The maximum absolute atomic E-state index is 10.5. The Balaban J connectivity index is 2.19. The molecule has 1 aliphatic rings. The Labute approximate surface area is 74.3 Å². The van der Waals surface area contributed by atoms with Crippen LogP contribution in [0.4, 0.5) is 5.69 Å². The lowest BCUT2D eigenvalue weighted by molar-refractivity contribution is -0.385. The van der Waals surface area contributed by atoms with Gasteiger partial charge in [0.15, 0.2) is 0 Å². The minimum absolute atomic E-state index is 0.0386. The summed E-state index contributed by atoms with van der Waals surface area (Å²) in [6, 6.07) is 0. The van der Waals surface area contributed by atoms with Crippen molar-refractivity contribution >= 4 is 5.69 Å². The summed E-state index contributed by atoms with van der Waals surface area (Å²) in [5.74, 6) is 0. The zero-order chi connectivity index (χ0) is 9.47. The van der Waals surface area contributed by atoms with Crippen LogP contribution in [0.15, 0.2) is 6.20 Å². The number of H-pyrrole nitrogens is 1. The largest absolute Gasteiger partial charge is 0.325 e. The fourth-order valence-electron chi connectivity index (χ4n) is 1.28. The number of aromatic nitrogens is 2. The number of rotatable bonds is 3. The van der Waals surface area contributed by atoms with Crippen LogP contribution in [0, 0.1) is 10.1 Å². The molecule has 1 aliphatic carbocycles. The van der Waals surface area contributed by atoms with E-state index in [1.165, 1.54) is 6.20 Å². The van der Waals surface area contributed by atoms with E-state index in [0.29, 0.717) is 12.1 Å². The molecule has 0 amide bonds. The lowest BCUT2D eigenvalue weighted by Gasteiger charge is -2.04. The van der Waals surface area contributed by atoms with E-state index in [4.69, 9.17) is 5.73 Å². The summed E-state index contributed by atoms with van der Waals surface area (Å²) in [6.45, 7) is 0. The summed E-state index contributed by atoms with van der Waals surface area (Å²) in [6.07, 6.45) is 3.61. The van der Waals surface area contributed by atoms with Crippen LogP contribution in [0.25, 0.3) is 0 Å². The van der Waals surface area contributed by atoms with Gasteiger partial charge in [-0.2, -0.15) is 5.10 Å². The Morgan fingerprint density at radius 2 is 2.46 bits per heavy atom. The second-order valence-electron chi connectivity index (χ2n) is 3.53. The number of nitrogens with two attached hydrogens (primary N) is 1. The van der Waals surface area contributed by atoms with Crippen LogP contribution in [-0.2, 0) is 6.42 Å². The molecular formula is C7H10N4O2. The predicted octanol–water partition coefficient (Wildman–Crippen LogP) is 0.352. The fraction of sp³-hybridized carbons (Fsp3) is 0.571. The average molecular weight is 182 g/mol.